The lowest BCUT2D eigenvalue weighted by molar-refractivity contribution is 0.305. The Balaban J connectivity index is 1.67. The molecule has 0 bridgehead atoms. The zero-order valence-corrected chi connectivity index (χ0v) is 18.1. The van der Waals surface area contributed by atoms with E-state index in [1.54, 1.807) is 31.4 Å². The van der Waals surface area contributed by atoms with Gasteiger partial charge in [0, 0.05) is 16.1 Å². The van der Waals surface area contributed by atoms with Gasteiger partial charge in [0.1, 0.15) is 35.8 Å². The van der Waals surface area contributed by atoms with Crippen LogP contribution >= 0.6 is 15.9 Å². The van der Waals surface area contributed by atoms with Gasteiger partial charge in [-0.25, -0.2) is 9.37 Å². The summed E-state index contributed by atoms with van der Waals surface area (Å²) in [5.41, 5.74) is 3.26. The van der Waals surface area contributed by atoms with Gasteiger partial charge >= 0.3 is 0 Å². The van der Waals surface area contributed by atoms with Crippen molar-refractivity contribution in [2.45, 2.75) is 6.61 Å². The lowest BCUT2D eigenvalue weighted by Crippen LogP contribution is -1.98. The van der Waals surface area contributed by atoms with Crippen LogP contribution in [0.25, 0.3) is 22.7 Å². The number of halogens is 2. The van der Waals surface area contributed by atoms with Gasteiger partial charge in [0.05, 0.1) is 23.7 Å². The van der Waals surface area contributed by atoms with Crippen LogP contribution in [-0.4, -0.2) is 17.1 Å². The summed E-state index contributed by atoms with van der Waals surface area (Å²) in [6.45, 7) is 0.201. The van der Waals surface area contributed by atoms with Crippen LogP contribution in [0, 0.1) is 17.1 Å². The number of benzene rings is 3. The number of fused-ring (bicyclic) bond motifs is 1. The lowest BCUT2D eigenvalue weighted by atomic mass is 10.1. The van der Waals surface area contributed by atoms with E-state index in [-0.39, 0.29) is 12.4 Å². The molecule has 4 rings (SSSR count). The van der Waals surface area contributed by atoms with Crippen molar-refractivity contribution in [2.75, 3.05) is 7.11 Å². The molecule has 3 aromatic carbocycles. The molecule has 0 saturated carbocycles. The number of ether oxygens (including phenoxy) is 2. The van der Waals surface area contributed by atoms with Crippen LogP contribution in [0.15, 0.2) is 65.1 Å². The fourth-order valence-electron chi connectivity index (χ4n) is 3.10. The SMILES string of the molecule is COc1ccc2nc(/C(C#N)=C\c3cc(Br)ccc3OCc3cccc(F)c3)[nH]c2c1. The minimum absolute atomic E-state index is 0.201. The summed E-state index contributed by atoms with van der Waals surface area (Å²) < 4.78 is 25.4. The third-order valence-electron chi connectivity index (χ3n) is 4.62. The molecule has 7 heteroatoms. The first kappa shape index (κ1) is 20.6. The highest BCUT2D eigenvalue weighted by molar-refractivity contribution is 9.10. The molecule has 0 amide bonds. The van der Waals surface area contributed by atoms with Gasteiger partial charge in [-0.2, -0.15) is 5.26 Å². The summed E-state index contributed by atoms with van der Waals surface area (Å²) >= 11 is 3.46. The molecular formula is C24H17BrFN3O2. The van der Waals surface area contributed by atoms with Crippen molar-refractivity contribution in [1.29, 1.82) is 5.26 Å². The second kappa shape index (κ2) is 9.02. The van der Waals surface area contributed by atoms with Crippen LogP contribution < -0.4 is 9.47 Å². The largest absolute Gasteiger partial charge is 0.497 e. The third kappa shape index (κ3) is 4.76. The van der Waals surface area contributed by atoms with E-state index in [4.69, 9.17) is 9.47 Å². The third-order valence-corrected chi connectivity index (χ3v) is 5.11. The molecule has 0 fully saturated rings. The molecule has 0 atom stereocenters. The van der Waals surface area contributed by atoms with Crippen LogP contribution in [0.3, 0.4) is 0 Å². The molecule has 0 unspecified atom stereocenters. The molecule has 154 valence electrons. The molecule has 0 aliphatic heterocycles. The monoisotopic (exact) mass is 477 g/mol. The molecule has 31 heavy (non-hydrogen) atoms. The van der Waals surface area contributed by atoms with Crippen molar-refractivity contribution in [3.63, 3.8) is 0 Å². The number of nitrogens with one attached hydrogen (secondary N) is 1. The van der Waals surface area contributed by atoms with Crippen LogP contribution in [-0.2, 0) is 6.61 Å². The number of methoxy groups -OCH3 is 1. The number of aromatic nitrogens is 2. The highest BCUT2D eigenvalue weighted by atomic mass is 79.9. The molecule has 0 aliphatic carbocycles. The highest BCUT2D eigenvalue weighted by Gasteiger charge is 2.11. The number of imidazole rings is 1. The average molecular weight is 478 g/mol. The Morgan fingerprint density at radius 3 is 2.84 bits per heavy atom. The zero-order valence-electron chi connectivity index (χ0n) is 16.5. The Morgan fingerprint density at radius 1 is 1.19 bits per heavy atom. The summed E-state index contributed by atoms with van der Waals surface area (Å²) in [5.74, 6) is 1.40. The van der Waals surface area contributed by atoms with Crippen LogP contribution in [0.4, 0.5) is 4.39 Å². The van der Waals surface area contributed by atoms with E-state index in [1.807, 2.05) is 30.3 Å². The summed E-state index contributed by atoms with van der Waals surface area (Å²) in [6, 6.07) is 19.4. The van der Waals surface area contributed by atoms with Gasteiger partial charge in [-0.05, 0) is 54.1 Å². The number of hydrogen-bond donors (Lipinski definition) is 1. The maximum absolute atomic E-state index is 13.4. The smallest absolute Gasteiger partial charge is 0.149 e. The number of aromatic amines is 1. The maximum atomic E-state index is 13.4. The standard InChI is InChI=1S/C24H17BrFN3O2/c1-30-20-6-7-21-22(12-20)29-24(28-21)17(13-27)10-16-11-18(25)5-8-23(16)31-14-15-3-2-4-19(26)9-15/h2-12H,14H2,1H3,(H,28,29)/b17-10-. The van der Waals surface area contributed by atoms with Gasteiger partial charge in [-0.15, -0.1) is 0 Å². The second-order valence-corrected chi connectivity index (χ2v) is 7.65. The van der Waals surface area contributed by atoms with Crippen LogP contribution in [0.5, 0.6) is 11.5 Å². The van der Waals surface area contributed by atoms with Crippen molar-refractivity contribution < 1.29 is 13.9 Å². The number of H-pyrrole nitrogens is 1. The Kier molecular flexibility index (Phi) is 6.01. The second-order valence-electron chi connectivity index (χ2n) is 6.74. The Bertz CT molecular complexity index is 1320. The number of nitriles is 1. The number of nitrogens with zero attached hydrogens (tertiary/aromatic N) is 2. The molecule has 0 saturated heterocycles. The maximum Gasteiger partial charge on any atom is 0.149 e. The van der Waals surface area contributed by atoms with E-state index < -0.39 is 0 Å². The van der Waals surface area contributed by atoms with Gasteiger partial charge in [0.15, 0.2) is 0 Å². The quantitative estimate of drug-likeness (QED) is 0.339. The minimum Gasteiger partial charge on any atom is -0.497 e. The molecule has 0 radical (unpaired) electrons. The first-order chi connectivity index (χ1) is 15.1. The predicted molar refractivity (Wildman–Crippen MR) is 121 cm³/mol. The molecule has 5 nitrogen and oxygen atoms in total. The molecule has 0 spiro atoms. The first-order valence-electron chi connectivity index (χ1n) is 9.38. The van der Waals surface area contributed by atoms with E-state index in [1.165, 1.54) is 12.1 Å². The Morgan fingerprint density at radius 2 is 2.06 bits per heavy atom. The number of rotatable bonds is 6. The fraction of sp³-hybridized carbons (Fsp3) is 0.0833. The van der Waals surface area contributed by atoms with E-state index in [9.17, 15) is 9.65 Å². The minimum atomic E-state index is -0.315. The van der Waals surface area contributed by atoms with E-state index in [0.29, 0.717) is 34.0 Å². The summed E-state index contributed by atoms with van der Waals surface area (Å²) in [5, 5.41) is 9.77. The fourth-order valence-corrected chi connectivity index (χ4v) is 3.48. The van der Waals surface area contributed by atoms with Gasteiger partial charge in [0.2, 0.25) is 0 Å². The van der Waals surface area contributed by atoms with Crippen molar-refractivity contribution >= 4 is 38.6 Å². The van der Waals surface area contributed by atoms with Crippen LogP contribution in [0.2, 0.25) is 0 Å². The van der Waals surface area contributed by atoms with Crippen LogP contribution in [0.1, 0.15) is 17.0 Å². The van der Waals surface area contributed by atoms with Gasteiger partial charge in [-0.1, -0.05) is 28.1 Å². The molecular weight excluding hydrogens is 461 g/mol. The van der Waals surface area contributed by atoms with Gasteiger partial charge in [-0.3, -0.25) is 0 Å². The summed E-state index contributed by atoms with van der Waals surface area (Å²) in [7, 11) is 1.59. The van der Waals surface area contributed by atoms with E-state index in [2.05, 4.69) is 32.0 Å². The number of allylic oxidation sites excluding steroid dienone is 1. The normalized spacial score (nSPS) is 11.4. The summed E-state index contributed by atoms with van der Waals surface area (Å²) in [6.07, 6.45) is 1.71. The molecule has 1 heterocycles. The average Bonchev–Trinajstić information content (AvgIpc) is 3.20. The van der Waals surface area contributed by atoms with Crippen molar-refractivity contribution in [3.8, 4) is 17.6 Å². The molecule has 1 N–H and O–H groups in total. The first-order valence-corrected chi connectivity index (χ1v) is 10.2. The predicted octanol–water partition coefficient (Wildman–Crippen LogP) is 6.12. The van der Waals surface area contributed by atoms with E-state index >= 15 is 0 Å². The van der Waals surface area contributed by atoms with Crippen molar-refractivity contribution in [2.24, 2.45) is 0 Å². The zero-order chi connectivity index (χ0) is 21.8. The highest BCUT2D eigenvalue weighted by Crippen LogP contribution is 2.29. The topological polar surface area (TPSA) is 70.9 Å². The summed E-state index contributed by atoms with van der Waals surface area (Å²) in [4.78, 5) is 7.68. The Hall–Kier alpha value is -3.63. The van der Waals surface area contributed by atoms with E-state index in [0.717, 1.165) is 15.5 Å². The molecule has 1 aromatic heterocycles. The molecule has 0 aliphatic rings. The van der Waals surface area contributed by atoms with Crippen molar-refractivity contribution in [1.82, 2.24) is 9.97 Å². The van der Waals surface area contributed by atoms with Gasteiger partial charge in [0.25, 0.3) is 0 Å². The number of hydrogen-bond acceptors (Lipinski definition) is 4. The van der Waals surface area contributed by atoms with Gasteiger partial charge < -0.3 is 14.5 Å². The Labute approximate surface area is 186 Å². The lowest BCUT2D eigenvalue weighted by Gasteiger charge is -2.10. The van der Waals surface area contributed by atoms with Crippen molar-refractivity contribution in [3.05, 3.63) is 87.9 Å². The molecule has 4 aromatic rings.